The van der Waals surface area contributed by atoms with Crippen LogP contribution in [0.5, 0.6) is 0 Å². The van der Waals surface area contributed by atoms with Gasteiger partial charge in [0.2, 0.25) is 0 Å². The monoisotopic (exact) mass is 1370 g/mol. The summed E-state index contributed by atoms with van der Waals surface area (Å²) in [7, 11) is 0. The lowest BCUT2D eigenvalue weighted by Crippen LogP contribution is -2.10. The van der Waals surface area contributed by atoms with Crippen LogP contribution in [-0.4, -0.2) is 0 Å². The second kappa shape index (κ2) is 33.8. The molecule has 11 aromatic carbocycles. The molecule has 0 aliphatic heterocycles. The Morgan fingerprint density at radius 3 is 0.765 bits per heavy atom. The fourth-order valence-corrected chi connectivity index (χ4v) is 12.9. The summed E-state index contributed by atoms with van der Waals surface area (Å²) in [5, 5.41) is 0.405. The Labute approximate surface area is 587 Å². The highest BCUT2D eigenvalue weighted by molar-refractivity contribution is 6.33. The lowest BCUT2D eigenvalue weighted by Gasteiger charge is -2.26. The fourth-order valence-electron chi connectivity index (χ4n) is 12.5. The summed E-state index contributed by atoms with van der Waals surface area (Å²) in [5.41, 5.74) is 16.3. The maximum Gasteiger partial charge on any atom is 0.167 e. The van der Waals surface area contributed by atoms with E-state index in [1.54, 1.807) is 100 Å². The summed E-state index contributed by atoms with van der Waals surface area (Å²) in [4.78, 5) is 0. The number of rotatable bonds is 8. The van der Waals surface area contributed by atoms with E-state index in [0.29, 0.717) is 56.3 Å². The van der Waals surface area contributed by atoms with Crippen molar-refractivity contribution in [2.24, 2.45) is 11.8 Å². The zero-order valence-electron chi connectivity index (χ0n) is 57.4. The van der Waals surface area contributed by atoms with Crippen molar-refractivity contribution in [1.29, 1.82) is 0 Å². The summed E-state index contributed by atoms with van der Waals surface area (Å²) >= 11 is 11.9. The Balaban J connectivity index is 0.000000176. The molecule has 10 heteroatoms. The number of hydrogen-bond acceptors (Lipinski definition) is 0. The molecule has 98 heavy (non-hydrogen) atoms. The predicted octanol–water partition coefficient (Wildman–Crippen LogP) is 28.4. The van der Waals surface area contributed by atoms with Gasteiger partial charge in [-0.3, -0.25) is 0 Å². The van der Waals surface area contributed by atoms with Crippen LogP contribution in [0.25, 0.3) is 66.8 Å². The second-order valence-corrected chi connectivity index (χ2v) is 27.4. The second-order valence-electron chi connectivity index (χ2n) is 26.6. The van der Waals surface area contributed by atoms with Gasteiger partial charge in [-0.25, -0.2) is 35.1 Å². The number of aryl methyl sites for hydroxylation is 8. The maximum atomic E-state index is 14.4. The number of halogens is 10. The van der Waals surface area contributed by atoms with Gasteiger partial charge in [0, 0.05) is 36.2 Å². The minimum absolute atomic E-state index is 0. The topological polar surface area (TPSA) is 0 Å². The van der Waals surface area contributed by atoms with Crippen molar-refractivity contribution in [1.82, 2.24) is 0 Å². The third kappa shape index (κ3) is 18.4. The third-order valence-corrected chi connectivity index (χ3v) is 19.9. The van der Waals surface area contributed by atoms with Gasteiger partial charge >= 0.3 is 0 Å². The van der Waals surface area contributed by atoms with Crippen LogP contribution >= 0.6 is 23.2 Å². The van der Waals surface area contributed by atoms with Gasteiger partial charge in [0.25, 0.3) is 0 Å². The first-order valence-corrected chi connectivity index (χ1v) is 34.4. The summed E-state index contributed by atoms with van der Waals surface area (Å²) in [6.45, 7) is 19.2. The normalized spacial score (nSPS) is 15.6. The Bertz CT molecular complexity index is 4200. The molecule has 2 aliphatic carbocycles. The van der Waals surface area contributed by atoms with E-state index in [-0.39, 0.29) is 35.7 Å². The molecule has 2 fully saturated rings. The van der Waals surface area contributed by atoms with Crippen molar-refractivity contribution in [3.05, 3.63) is 318 Å². The standard InChI is InChI=1S/C20H16F2.2C20H22F2.2C14H12ClF.2H2/c1-13-3-7-15(8-4-13)17-11-12-18(20(22)19(17)21)16-9-5-14(2)6-10-16;2*1-13-3-6-15(7-4-13)16-8-10-17(11-9-16)18-12-5-14(2)19(21)20(18)22;1-9-3-6-11(7-4-9)12-8-5-10(2)14(16)13(12)15;1-9-3-6-11(7-4-9)12-8-5-10(2)13(15)14(12)16;;/h3-12H,1-2H3;2*5,8-13,15H,3-4,6-7H2,1-2H3;2*3-8H,1-2H3;2*1H. The van der Waals surface area contributed by atoms with E-state index in [4.69, 9.17) is 23.2 Å². The van der Waals surface area contributed by atoms with Crippen LogP contribution in [0.4, 0.5) is 35.1 Å². The van der Waals surface area contributed by atoms with E-state index < -0.39 is 34.9 Å². The molecular weight excluding hydrogens is 1280 g/mol. The maximum absolute atomic E-state index is 14.4. The molecule has 0 amide bonds. The predicted molar refractivity (Wildman–Crippen MR) is 397 cm³/mol. The lowest BCUT2D eigenvalue weighted by atomic mass is 9.79. The Kier molecular flexibility index (Phi) is 25.4. The number of hydrogen-bond donors (Lipinski definition) is 0. The Hall–Kier alpha value is -8.56. The molecule has 510 valence electrons. The third-order valence-electron chi connectivity index (χ3n) is 19.1. The van der Waals surface area contributed by atoms with Crippen molar-refractivity contribution in [2.45, 2.75) is 132 Å². The van der Waals surface area contributed by atoms with E-state index in [1.165, 1.54) is 68.1 Å². The van der Waals surface area contributed by atoms with Crippen LogP contribution in [0.3, 0.4) is 0 Å². The molecule has 11 aromatic rings. The molecule has 0 bridgehead atoms. The highest BCUT2D eigenvalue weighted by Gasteiger charge is 2.23. The molecule has 0 aromatic heterocycles. The van der Waals surface area contributed by atoms with Gasteiger partial charge in [-0.05, 0) is 172 Å². The average molecular weight is 1370 g/mol. The van der Waals surface area contributed by atoms with Crippen molar-refractivity contribution < 1.29 is 38.0 Å². The molecule has 0 unspecified atom stereocenters. The van der Waals surface area contributed by atoms with Crippen LogP contribution in [0.15, 0.2) is 206 Å². The molecule has 0 saturated heterocycles. The molecule has 0 spiro atoms. The van der Waals surface area contributed by atoms with Crippen LogP contribution in [-0.2, 0) is 0 Å². The largest absolute Gasteiger partial charge is 0.205 e. The number of benzene rings is 11. The van der Waals surface area contributed by atoms with Gasteiger partial charge in [0.05, 0.1) is 10.0 Å². The summed E-state index contributed by atoms with van der Waals surface area (Å²) in [5.74, 6) is -2.38. The van der Waals surface area contributed by atoms with Gasteiger partial charge in [-0.2, -0.15) is 0 Å². The van der Waals surface area contributed by atoms with Crippen molar-refractivity contribution in [2.75, 3.05) is 0 Å². The quantitative estimate of drug-likeness (QED) is 0.133. The zero-order chi connectivity index (χ0) is 70.5. The first-order chi connectivity index (χ1) is 46.9. The van der Waals surface area contributed by atoms with Gasteiger partial charge in [-0.1, -0.05) is 291 Å². The van der Waals surface area contributed by atoms with E-state index in [2.05, 4.69) is 38.1 Å². The van der Waals surface area contributed by atoms with E-state index in [0.717, 1.165) is 61.9 Å². The minimum atomic E-state index is -0.804. The highest BCUT2D eigenvalue weighted by Crippen LogP contribution is 2.40. The molecular formula is C88H88Cl2F8. The molecule has 0 radical (unpaired) electrons. The molecule has 2 saturated carbocycles. The van der Waals surface area contributed by atoms with Crippen molar-refractivity contribution >= 4 is 23.2 Å². The Morgan fingerprint density at radius 1 is 0.235 bits per heavy atom. The van der Waals surface area contributed by atoms with Crippen LogP contribution < -0.4 is 0 Å². The smallest absolute Gasteiger partial charge is 0.167 e. The fraction of sp³-hybridized carbons (Fsp3) is 0.250. The Morgan fingerprint density at radius 2 is 0.459 bits per heavy atom. The summed E-state index contributed by atoms with van der Waals surface area (Å²) < 4.78 is 112. The highest BCUT2D eigenvalue weighted by atomic mass is 35.5. The summed E-state index contributed by atoms with van der Waals surface area (Å²) in [6, 6.07) is 63.4. The molecule has 2 aliphatic rings. The first kappa shape index (κ1) is 73.7. The lowest BCUT2D eigenvalue weighted by molar-refractivity contribution is 0.348. The van der Waals surface area contributed by atoms with Gasteiger partial charge in [0.1, 0.15) is 11.6 Å². The van der Waals surface area contributed by atoms with E-state index in [9.17, 15) is 35.1 Å². The van der Waals surface area contributed by atoms with Crippen molar-refractivity contribution in [3.63, 3.8) is 0 Å². The molecule has 0 atom stereocenters. The first-order valence-electron chi connectivity index (χ1n) is 33.6. The van der Waals surface area contributed by atoms with E-state index in [1.807, 2.05) is 137 Å². The van der Waals surface area contributed by atoms with E-state index >= 15 is 0 Å². The minimum Gasteiger partial charge on any atom is -0.205 e. The average Bonchev–Trinajstić information content (AvgIpc) is 0.858. The zero-order valence-corrected chi connectivity index (χ0v) is 58.9. The van der Waals surface area contributed by atoms with Crippen molar-refractivity contribution in [3.8, 4) is 66.8 Å². The SMILES string of the molecule is Cc1ccc(-c2ccc(-c3ccc(C)cc3)c(F)c2F)cc1.Cc1ccc(-c2ccc(C)c(Cl)c2F)cc1.Cc1ccc(-c2ccc(C)c(F)c2Cl)cc1.Cc1ccc(-c2ccc(C3CCC(C)CC3)cc2)c(F)c1F.Cc1ccc(-c2ccc(C3CCC(C)CC3)cc2)c(F)c1F.[HH].[HH]. The summed E-state index contributed by atoms with van der Waals surface area (Å²) in [6.07, 6.45) is 10.0. The van der Waals surface area contributed by atoms with Crippen LogP contribution in [0.1, 0.15) is 136 Å². The van der Waals surface area contributed by atoms with Crippen LogP contribution in [0.2, 0.25) is 10.0 Å². The van der Waals surface area contributed by atoms with Gasteiger partial charge in [-0.15, -0.1) is 0 Å². The molecule has 13 rings (SSSR count). The molecule has 0 heterocycles. The van der Waals surface area contributed by atoms with Gasteiger partial charge in [0.15, 0.2) is 34.9 Å². The van der Waals surface area contributed by atoms with Gasteiger partial charge < -0.3 is 0 Å². The molecule has 0 nitrogen and oxygen atoms in total. The van der Waals surface area contributed by atoms with Crippen LogP contribution in [0, 0.1) is 114 Å². The molecule has 0 N–H and O–H groups in total.